The number of fused-ring (bicyclic) bond motifs is 1. The highest BCUT2D eigenvalue weighted by molar-refractivity contribution is 6.42. The van der Waals surface area contributed by atoms with Crippen molar-refractivity contribution in [2.24, 2.45) is 5.73 Å². The van der Waals surface area contributed by atoms with Gasteiger partial charge in [-0.15, -0.1) is 0 Å². The first-order valence-electron chi connectivity index (χ1n) is 6.83. The predicted molar refractivity (Wildman–Crippen MR) is 85.1 cm³/mol. The Balaban J connectivity index is 1.67. The highest BCUT2D eigenvalue weighted by atomic mass is 35.5. The fourth-order valence-corrected chi connectivity index (χ4v) is 2.69. The summed E-state index contributed by atoms with van der Waals surface area (Å²) in [5, 5.41) is 4.03. The van der Waals surface area contributed by atoms with Crippen molar-refractivity contribution in [3.63, 3.8) is 0 Å². The molecule has 116 valence electrons. The van der Waals surface area contributed by atoms with Crippen LogP contribution in [-0.4, -0.2) is 34.6 Å². The lowest BCUT2D eigenvalue weighted by atomic mass is 10.2. The van der Waals surface area contributed by atoms with Gasteiger partial charge < -0.3 is 15.8 Å². The first-order valence-corrected chi connectivity index (χ1v) is 7.59. The third-order valence-corrected chi connectivity index (χ3v) is 4.24. The van der Waals surface area contributed by atoms with Gasteiger partial charge in [0.15, 0.2) is 0 Å². The van der Waals surface area contributed by atoms with Crippen molar-refractivity contribution in [2.45, 2.75) is 25.0 Å². The summed E-state index contributed by atoms with van der Waals surface area (Å²) in [6.07, 6.45) is 2.49. The van der Waals surface area contributed by atoms with Gasteiger partial charge in [0.25, 0.3) is 0 Å². The lowest BCUT2D eigenvalue weighted by molar-refractivity contribution is -0.128. The number of anilines is 1. The SMILES string of the molecule is NC(=O)[C@@H]1CC[C@@H](CNc2cnc3cc(Cl)c(Cl)cc3n2)O1. The number of primary amides is 1. The van der Waals surface area contributed by atoms with E-state index in [1.54, 1.807) is 18.3 Å². The number of aromatic nitrogens is 2. The Bertz CT molecular complexity index is 725. The van der Waals surface area contributed by atoms with Crippen LogP contribution in [0.15, 0.2) is 18.3 Å². The predicted octanol–water partition coefficient (Wildman–Crippen LogP) is 2.38. The number of carbonyl (C=O) groups is 1. The normalized spacial score (nSPS) is 21.2. The van der Waals surface area contributed by atoms with Gasteiger partial charge in [-0.2, -0.15) is 0 Å². The Morgan fingerprint density at radius 3 is 2.73 bits per heavy atom. The molecule has 1 amide bonds. The van der Waals surface area contributed by atoms with E-state index in [9.17, 15) is 4.79 Å². The maximum Gasteiger partial charge on any atom is 0.246 e. The molecule has 0 bridgehead atoms. The second-order valence-electron chi connectivity index (χ2n) is 5.12. The van der Waals surface area contributed by atoms with E-state index in [1.165, 1.54) is 0 Å². The molecule has 3 rings (SSSR count). The number of halogens is 2. The monoisotopic (exact) mass is 340 g/mol. The highest BCUT2D eigenvalue weighted by Gasteiger charge is 2.28. The number of ether oxygens (including phenoxy) is 1. The molecule has 1 saturated heterocycles. The number of hydrogen-bond donors (Lipinski definition) is 2. The summed E-state index contributed by atoms with van der Waals surface area (Å²) in [5.74, 6) is 0.191. The van der Waals surface area contributed by atoms with Crippen molar-refractivity contribution >= 4 is 46.0 Å². The van der Waals surface area contributed by atoms with Crippen LogP contribution < -0.4 is 11.1 Å². The number of nitrogens with zero attached hydrogens (tertiary/aromatic N) is 2. The van der Waals surface area contributed by atoms with E-state index in [1.807, 2.05) is 0 Å². The van der Waals surface area contributed by atoms with E-state index in [-0.39, 0.29) is 6.10 Å². The zero-order chi connectivity index (χ0) is 15.7. The standard InChI is InChI=1S/C14H14Cl2N4O2/c15-8-3-10-11(4-9(8)16)20-13(6-18-10)19-5-7-1-2-12(22-7)14(17)21/h3-4,6-7,12H,1-2,5H2,(H2,17,21)(H,19,20)/t7-,12-/m0/s1. The van der Waals surface area contributed by atoms with Crippen LogP contribution in [0.1, 0.15) is 12.8 Å². The van der Waals surface area contributed by atoms with E-state index in [0.717, 1.165) is 6.42 Å². The van der Waals surface area contributed by atoms with Crippen LogP contribution >= 0.6 is 23.2 Å². The van der Waals surface area contributed by atoms with Crippen LogP contribution in [0.4, 0.5) is 5.82 Å². The zero-order valence-electron chi connectivity index (χ0n) is 11.6. The topological polar surface area (TPSA) is 90.1 Å². The molecule has 2 aromatic rings. The van der Waals surface area contributed by atoms with Gasteiger partial charge in [-0.1, -0.05) is 23.2 Å². The molecule has 0 unspecified atom stereocenters. The van der Waals surface area contributed by atoms with Crippen LogP contribution in [-0.2, 0) is 9.53 Å². The first-order chi connectivity index (χ1) is 10.5. The molecule has 0 saturated carbocycles. The van der Waals surface area contributed by atoms with Crippen molar-refractivity contribution in [3.8, 4) is 0 Å². The van der Waals surface area contributed by atoms with Crippen LogP contribution in [0, 0.1) is 0 Å². The molecule has 6 nitrogen and oxygen atoms in total. The van der Waals surface area contributed by atoms with E-state index in [4.69, 9.17) is 33.7 Å². The average molecular weight is 341 g/mol. The molecule has 1 aromatic heterocycles. The number of rotatable bonds is 4. The van der Waals surface area contributed by atoms with Gasteiger partial charge in [-0.3, -0.25) is 9.78 Å². The molecule has 8 heteroatoms. The maximum atomic E-state index is 11.1. The van der Waals surface area contributed by atoms with Crippen LogP contribution in [0.3, 0.4) is 0 Å². The Hall–Kier alpha value is -1.63. The molecule has 0 aliphatic carbocycles. The van der Waals surface area contributed by atoms with Gasteiger partial charge >= 0.3 is 0 Å². The summed E-state index contributed by atoms with van der Waals surface area (Å²) in [6.45, 7) is 0.533. The summed E-state index contributed by atoms with van der Waals surface area (Å²) in [7, 11) is 0. The molecule has 0 spiro atoms. The van der Waals surface area contributed by atoms with Gasteiger partial charge in [0.1, 0.15) is 11.9 Å². The maximum absolute atomic E-state index is 11.1. The third-order valence-electron chi connectivity index (χ3n) is 3.52. The van der Waals surface area contributed by atoms with Crippen molar-refractivity contribution < 1.29 is 9.53 Å². The van der Waals surface area contributed by atoms with Crippen LogP contribution in [0.25, 0.3) is 11.0 Å². The number of benzene rings is 1. The van der Waals surface area contributed by atoms with Gasteiger partial charge in [-0.25, -0.2) is 4.98 Å². The molecular formula is C14H14Cl2N4O2. The van der Waals surface area contributed by atoms with Gasteiger partial charge in [-0.05, 0) is 25.0 Å². The summed E-state index contributed by atoms with van der Waals surface area (Å²) in [4.78, 5) is 19.8. The van der Waals surface area contributed by atoms with Crippen molar-refractivity contribution in [2.75, 3.05) is 11.9 Å². The quantitative estimate of drug-likeness (QED) is 0.891. The van der Waals surface area contributed by atoms with E-state index >= 15 is 0 Å². The zero-order valence-corrected chi connectivity index (χ0v) is 13.1. The van der Waals surface area contributed by atoms with E-state index in [2.05, 4.69) is 15.3 Å². The fraction of sp³-hybridized carbons (Fsp3) is 0.357. The van der Waals surface area contributed by atoms with Crippen molar-refractivity contribution in [3.05, 3.63) is 28.4 Å². The minimum atomic E-state index is -0.490. The summed E-state index contributed by atoms with van der Waals surface area (Å²) < 4.78 is 5.54. The summed E-state index contributed by atoms with van der Waals surface area (Å²) in [6, 6.07) is 3.35. The molecule has 3 N–H and O–H groups in total. The lowest BCUT2D eigenvalue weighted by Gasteiger charge is -2.13. The number of hydrogen-bond acceptors (Lipinski definition) is 5. The summed E-state index contributed by atoms with van der Waals surface area (Å²) >= 11 is 11.9. The third kappa shape index (κ3) is 3.24. The largest absolute Gasteiger partial charge is 0.367 e. The second kappa shape index (κ2) is 6.24. The van der Waals surface area contributed by atoms with Crippen LogP contribution in [0.2, 0.25) is 10.0 Å². The molecule has 1 aliphatic heterocycles. The highest BCUT2D eigenvalue weighted by Crippen LogP contribution is 2.26. The first kappa shape index (κ1) is 15.3. The molecular weight excluding hydrogens is 327 g/mol. The molecule has 0 radical (unpaired) electrons. The van der Waals surface area contributed by atoms with Crippen LogP contribution in [0.5, 0.6) is 0 Å². The van der Waals surface area contributed by atoms with Crippen molar-refractivity contribution in [1.82, 2.24) is 9.97 Å². The Kier molecular flexibility index (Phi) is 4.33. The van der Waals surface area contributed by atoms with E-state index < -0.39 is 12.0 Å². The molecule has 22 heavy (non-hydrogen) atoms. The molecule has 1 aromatic carbocycles. The molecule has 2 heterocycles. The molecule has 2 atom stereocenters. The number of nitrogens with two attached hydrogens (primary N) is 1. The Morgan fingerprint density at radius 1 is 1.32 bits per heavy atom. The number of carbonyl (C=O) groups excluding carboxylic acids is 1. The van der Waals surface area contributed by atoms with Gasteiger partial charge in [0, 0.05) is 6.54 Å². The van der Waals surface area contributed by atoms with E-state index in [0.29, 0.717) is 39.9 Å². The minimum absolute atomic E-state index is 0.0659. The number of amides is 1. The molecule has 1 aliphatic rings. The Labute approximate surface area is 137 Å². The Morgan fingerprint density at radius 2 is 2.05 bits per heavy atom. The van der Waals surface area contributed by atoms with Crippen molar-refractivity contribution in [1.29, 1.82) is 0 Å². The smallest absolute Gasteiger partial charge is 0.246 e. The molecule has 1 fully saturated rings. The average Bonchev–Trinajstić information content (AvgIpc) is 2.95. The minimum Gasteiger partial charge on any atom is -0.367 e. The fourth-order valence-electron chi connectivity index (χ4n) is 2.38. The lowest BCUT2D eigenvalue weighted by Crippen LogP contribution is -2.30. The second-order valence-corrected chi connectivity index (χ2v) is 5.93. The summed E-state index contributed by atoms with van der Waals surface area (Å²) in [5.41, 5.74) is 6.55. The van der Waals surface area contributed by atoms with Gasteiger partial charge in [0.2, 0.25) is 5.91 Å². The van der Waals surface area contributed by atoms with Gasteiger partial charge in [0.05, 0.1) is 33.4 Å². The number of nitrogens with one attached hydrogen (secondary N) is 1.